The maximum absolute atomic E-state index is 2.35. The molecule has 1 unspecified atom stereocenters. The van der Waals surface area contributed by atoms with Gasteiger partial charge in [0, 0.05) is 0 Å². The highest BCUT2D eigenvalue weighted by Crippen LogP contribution is 2.37. The van der Waals surface area contributed by atoms with Gasteiger partial charge in [0.2, 0.25) is 0 Å². The molecule has 14 heavy (non-hydrogen) atoms. The fourth-order valence-corrected chi connectivity index (χ4v) is 2.66. The second kappa shape index (κ2) is 2.84. The lowest BCUT2D eigenvalue weighted by molar-refractivity contribution is 0.750. The van der Waals surface area contributed by atoms with E-state index >= 15 is 0 Å². The van der Waals surface area contributed by atoms with Crippen LogP contribution in [0.25, 0.3) is 10.8 Å². The summed E-state index contributed by atoms with van der Waals surface area (Å²) in [6.45, 7) is 2.35. The fourth-order valence-electron chi connectivity index (χ4n) is 2.66. The van der Waals surface area contributed by atoms with Crippen LogP contribution in [0.4, 0.5) is 0 Å². The Kier molecular flexibility index (Phi) is 1.63. The van der Waals surface area contributed by atoms with Gasteiger partial charge >= 0.3 is 0 Å². The van der Waals surface area contributed by atoms with E-state index in [-0.39, 0.29) is 0 Å². The van der Waals surface area contributed by atoms with Crippen LogP contribution < -0.4 is 0 Å². The summed E-state index contributed by atoms with van der Waals surface area (Å²) in [5.74, 6) is 0.746. The van der Waals surface area contributed by atoms with E-state index in [2.05, 4.69) is 43.3 Å². The second-order valence-corrected chi connectivity index (χ2v) is 4.30. The number of hydrogen-bond donors (Lipinski definition) is 0. The van der Waals surface area contributed by atoms with Crippen LogP contribution >= 0.6 is 0 Å². The molecule has 0 bridgehead atoms. The molecule has 0 spiro atoms. The molecule has 0 amide bonds. The second-order valence-electron chi connectivity index (χ2n) is 4.30. The van der Waals surface area contributed by atoms with Gasteiger partial charge in [-0.3, -0.25) is 0 Å². The average Bonchev–Trinajstić information content (AvgIpc) is 2.61. The maximum Gasteiger partial charge on any atom is -0.0146 e. The minimum atomic E-state index is 0.746. The molecule has 2 aromatic carbocycles. The van der Waals surface area contributed by atoms with Crippen molar-refractivity contribution in [3.05, 3.63) is 47.5 Å². The third kappa shape index (κ3) is 1.00. The van der Waals surface area contributed by atoms with Crippen LogP contribution in [-0.2, 0) is 6.42 Å². The summed E-state index contributed by atoms with van der Waals surface area (Å²) in [6.07, 6.45) is 2.59. The first-order valence-corrected chi connectivity index (χ1v) is 5.37. The van der Waals surface area contributed by atoms with Gasteiger partial charge in [-0.15, -0.1) is 0 Å². The van der Waals surface area contributed by atoms with Crippen molar-refractivity contribution in [1.82, 2.24) is 0 Å². The number of benzene rings is 2. The van der Waals surface area contributed by atoms with Gasteiger partial charge in [0.25, 0.3) is 0 Å². The summed E-state index contributed by atoms with van der Waals surface area (Å²) in [7, 11) is 0. The Hall–Kier alpha value is -1.30. The monoisotopic (exact) mass is 182 g/mol. The Morgan fingerprint density at radius 1 is 1.07 bits per heavy atom. The molecule has 0 radical (unpaired) electrons. The first kappa shape index (κ1) is 8.05. The predicted molar refractivity (Wildman–Crippen MR) is 60.7 cm³/mol. The van der Waals surface area contributed by atoms with Gasteiger partial charge in [-0.05, 0) is 40.7 Å². The Morgan fingerprint density at radius 2 is 1.93 bits per heavy atom. The molecule has 1 atom stereocenters. The molecule has 0 saturated heterocycles. The minimum Gasteiger partial charge on any atom is -0.0616 e. The van der Waals surface area contributed by atoms with Crippen molar-refractivity contribution in [2.45, 2.75) is 25.7 Å². The van der Waals surface area contributed by atoms with E-state index < -0.39 is 0 Å². The summed E-state index contributed by atoms with van der Waals surface area (Å²) in [6, 6.07) is 13.3. The summed E-state index contributed by atoms with van der Waals surface area (Å²) < 4.78 is 0. The zero-order valence-corrected chi connectivity index (χ0v) is 8.46. The maximum atomic E-state index is 2.35. The SMILES string of the molecule is CC1CCc2ccc3ccccc3c21. The summed E-state index contributed by atoms with van der Waals surface area (Å²) in [5.41, 5.74) is 3.17. The van der Waals surface area contributed by atoms with Gasteiger partial charge < -0.3 is 0 Å². The van der Waals surface area contributed by atoms with Crippen LogP contribution in [0.3, 0.4) is 0 Å². The van der Waals surface area contributed by atoms with Gasteiger partial charge in [0.1, 0.15) is 0 Å². The van der Waals surface area contributed by atoms with E-state index in [1.165, 1.54) is 23.6 Å². The molecule has 70 valence electrons. The van der Waals surface area contributed by atoms with Crippen LogP contribution in [-0.4, -0.2) is 0 Å². The summed E-state index contributed by atoms with van der Waals surface area (Å²) in [4.78, 5) is 0. The highest BCUT2D eigenvalue weighted by molar-refractivity contribution is 5.87. The molecule has 2 aromatic rings. The van der Waals surface area contributed by atoms with Crippen molar-refractivity contribution in [2.24, 2.45) is 0 Å². The van der Waals surface area contributed by atoms with E-state index in [0.717, 1.165) is 5.92 Å². The molecule has 0 aliphatic heterocycles. The number of hydrogen-bond acceptors (Lipinski definition) is 0. The third-order valence-corrected chi connectivity index (χ3v) is 3.40. The van der Waals surface area contributed by atoms with E-state index in [4.69, 9.17) is 0 Å². The van der Waals surface area contributed by atoms with Gasteiger partial charge in [0.15, 0.2) is 0 Å². The molecule has 0 aromatic heterocycles. The highest BCUT2D eigenvalue weighted by atomic mass is 14.2. The Bertz CT molecular complexity index is 482. The van der Waals surface area contributed by atoms with Crippen LogP contribution in [0.1, 0.15) is 30.4 Å². The van der Waals surface area contributed by atoms with Crippen LogP contribution in [0.15, 0.2) is 36.4 Å². The summed E-state index contributed by atoms with van der Waals surface area (Å²) in [5, 5.41) is 2.86. The van der Waals surface area contributed by atoms with Crippen molar-refractivity contribution < 1.29 is 0 Å². The standard InChI is InChI=1S/C14H14/c1-10-6-7-12-9-8-11-4-2-3-5-13(11)14(10)12/h2-5,8-10H,6-7H2,1H3. The molecular weight excluding hydrogens is 168 g/mol. The highest BCUT2D eigenvalue weighted by Gasteiger charge is 2.20. The largest absolute Gasteiger partial charge is 0.0616 e. The van der Waals surface area contributed by atoms with Gasteiger partial charge in [0.05, 0.1) is 0 Å². The van der Waals surface area contributed by atoms with E-state index in [1.54, 1.807) is 11.1 Å². The molecule has 0 fully saturated rings. The molecular formula is C14H14. The number of aryl methyl sites for hydroxylation is 1. The van der Waals surface area contributed by atoms with E-state index in [0.29, 0.717) is 0 Å². The van der Waals surface area contributed by atoms with Crippen molar-refractivity contribution >= 4 is 10.8 Å². The quantitative estimate of drug-likeness (QED) is 0.580. The number of rotatable bonds is 0. The lowest BCUT2D eigenvalue weighted by Crippen LogP contribution is -1.88. The van der Waals surface area contributed by atoms with Gasteiger partial charge in [-0.2, -0.15) is 0 Å². The molecule has 0 N–H and O–H groups in total. The molecule has 0 heteroatoms. The van der Waals surface area contributed by atoms with Crippen LogP contribution in [0.5, 0.6) is 0 Å². The lowest BCUT2D eigenvalue weighted by atomic mass is 9.96. The Balaban J connectivity index is 2.41. The molecule has 3 rings (SSSR count). The smallest absolute Gasteiger partial charge is 0.0146 e. The Labute approximate surface area is 84.6 Å². The van der Waals surface area contributed by atoms with Gasteiger partial charge in [-0.25, -0.2) is 0 Å². The molecule has 1 aliphatic rings. The third-order valence-electron chi connectivity index (χ3n) is 3.40. The van der Waals surface area contributed by atoms with Crippen molar-refractivity contribution in [1.29, 1.82) is 0 Å². The minimum absolute atomic E-state index is 0.746. The lowest BCUT2D eigenvalue weighted by Gasteiger charge is -2.08. The topological polar surface area (TPSA) is 0 Å². The zero-order valence-electron chi connectivity index (χ0n) is 8.46. The van der Waals surface area contributed by atoms with E-state index in [9.17, 15) is 0 Å². The predicted octanol–water partition coefficient (Wildman–Crippen LogP) is 3.89. The van der Waals surface area contributed by atoms with Gasteiger partial charge in [-0.1, -0.05) is 43.3 Å². The molecule has 1 aliphatic carbocycles. The normalized spacial score (nSPS) is 19.9. The van der Waals surface area contributed by atoms with Crippen molar-refractivity contribution in [2.75, 3.05) is 0 Å². The van der Waals surface area contributed by atoms with Crippen LogP contribution in [0.2, 0.25) is 0 Å². The van der Waals surface area contributed by atoms with Crippen molar-refractivity contribution in [3.63, 3.8) is 0 Å². The first-order valence-electron chi connectivity index (χ1n) is 5.37. The van der Waals surface area contributed by atoms with Crippen molar-refractivity contribution in [3.8, 4) is 0 Å². The van der Waals surface area contributed by atoms with Crippen LogP contribution in [0, 0.1) is 0 Å². The van der Waals surface area contributed by atoms with E-state index in [1.807, 2.05) is 0 Å². The molecule has 0 saturated carbocycles. The summed E-state index contributed by atoms with van der Waals surface area (Å²) >= 11 is 0. The molecule has 0 nitrogen and oxygen atoms in total. The number of fused-ring (bicyclic) bond motifs is 3. The molecule has 0 heterocycles. The fraction of sp³-hybridized carbons (Fsp3) is 0.286. The Morgan fingerprint density at radius 3 is 2.86 bits per heavy atom. The average molecular weight is 182 g/mol. The first-order chi connectivity index (χ1) is 6.86. The zero-order chi connectivity index (χ0) is 9.54.